The van der Waals surface area contributed by atoms with Gasteiger partial charge in [0, 0.05) is 30.5 Å². The van der Waals surface area contributed by atoms with Crippen molar-refractivity contribution in [2.45, 2.75) is 0 Å². The van der Waals surface area contributed by atoms with Gasteiger partial charge in [-0.1, -0.05) is 12.1 Å². The highest BCUT2D eigenvalue weighted by Gasteiger charge is 2.21. The summed E-state index contributed by atoms with van der Waals surface area (Å²) in [5, 5.41) is 0. The second-order valence-electron chi connectivity index (χ2n) is 7.26. The molecule has 0 unspecified atom stereocenters. The highest BCUT2D eigenvalue weighted by molar-refractivity contribution is 7.22. The zero-order chi connectivity index (χ0) is 20.6. The van der Waals surface area contributed by atoms with E-state index < -0.39 is 0 Å². The van der Waals surface area contributed by atoms with Crippen LogP contribution in [-0.4, -0.2) is 48.0 Å². The lowest BCUT2D eigenvalue weighted by Gasteiger charge is -2.28. The zero-order valence-corrected chi connectivity index (χ0v) is 17.4. The van der Waals surface area contributed by atoms with Crippen LogP contribution in [0, 0.1) is 0 Å². The Labute approximate surface area is 182 Å². The first-order chi connectivity index (χ1) is 15.3. The Hall–Kier alpha value is -3.43. The van der Waals surface area contributed by atoms with Crippen molar-refractivity contribution >= 4 is 33.1 Å². The van der Waals surface area contributed by atoms with Gasteiger partial charge in [0.1, 0.15) is 6.26 Å². The predicted molar refractivity (Wildman–Crippen MR) is 119 cm³/mol. The molecule has 2 aliphatic heterocycles. The molecule has 156 valence electrons. The van der Waals surface area contributed by atoms with Crippen LogP contribution < -0.4 is 9.80 Å². The van der Waals surface area contributed by atoms with E-state index in [1.54, 1.807) is 23.8 Å². The van der Waals surface area contributed by atoms with Crippen LogP contribution in [0.2, 0.25) is 0 Å². The van der Waals surface area contributed by atoms with Gasteiger partial charge in [-0.2, -0.15) is 0 Å². The number of nitrogens with zero attached hydrogens (tertiary/aromatic N) is 5. The molecule has 1 saturated heterocycles. The van der Waals surface area contributed by atoms with Gasteiger partial charge in [-0.05, 0) is 18.2 Å². The largest absolute Gasteiger partial charge is 0.479 e. The molecule has 9 heteroatoms. The van der Waals surface area contributed by atoms with Crippen LogP contribution in [0.3, 0.4) is 0 Å². The molecule has 0 atom stereocenters. The molecule has 1 fully saturated rings. The van der Waals surface area contributed by atoms with E-state index in [0.29, 0.717) is 25.8 Å². The van der Waals surface area contributed by atoms with Crippen LogP contribution in [0.1, 0.15) is 0 Å². The Kier molecular flexibility index (Phi) is 4.54. The third kappa shape index (κ3) is 3.41. The Morgan fingerprint density at radius 2 is 2.00 bits per heavy atom. The lowest BCUT2D eigenvalue weighted by Crippen LogP contribution is -2.36. The van der Waals surface area contributed by atoms with Crippen LogP contribution >= 0.6 is 11.3 Å². The molecule has 0 bridgehead atoms. The van der Waals surface area contributed by atoms with Gasteiger partial charge in [0.2, 0.25) is 0 Å². The second kappa shape index (κ2) is 7.68. The second-order valence-corrected chi connectivity index (χ2v) is 8.31. The number of morpholine rings is 1. The normalized spacial score (nSPS) is 16.3. The van der Waals surface area contributed by atoms with Gasteiger partial charge >= 0.3 is 0 Å². The van der Waals surface area contributed by atoms with E-state index in [2.05, 4.69) is 28.1 Å². The Balaban J connectivity index is 1.48. The molecule has 0 amide bonds. The van der Waals surface area contributed by atoms with E-state index >= 15 is 0 Å². The van der Waals surface area contributed by atoms with Gasteiger partial charge in [-0.3, -0.25) is 0 Å². The zero-order valence-electron chi connectivity index (χ0n) is 16.6. The molecular weight excluding hydrogens is 414 g/mol. The van der Waals surface area contributed by atoms with E-state index in [9.17, 15) is 0 Å². The average molecular weight is 433 g/mol. The molecule has 8 nitrogen and oxygen atoms in total. The highest BCUT2D eigenvalue weighted by Crippen LogP contribution is 2.39. The number of oxazole rings is 1. The summed E-state index contributed by atoms with van der Waals surface area (Å²) in [5.74, 6) is 2.37. The predicted octanol–water partition coefficient (Wildman–Crippen LogP) is 4.12. The number of ether oxygens (including phenoxy) is 2. The summed E-state index contributed by atoms with van der Waals surface area (Å²) in [4.78, 5) is 19.3. The maximum atomic E-state index is 5.56. The van der Waals surface area contributed by atoms with Gasteiger partial charge in [0.05, 0.1) is 34.5 Å². The molecule has 3 aromatic heterocycles. The molecule has 2 aliphatic rings. The summed E-state index contributed by atoms with van der Waals surface area (Å²) < 4.78 is 17.5. The molecule has 5 heterocycles. The average Bonchev–Trinajstić information content (AvgIpc) is 3.60. The fourth-order valence-corrected chi connectivity index (χ4v) is 4.83. The van der Waals surface area contributed by atoms with Crippen LogP contribution in [-0.2, 0) is 9.47 Å². The first-order valence-electron chi connectivity index (χ1n) is 10.0. The van der Waals surface area contributed by atoms with Crippen molar-refractivity contribution in [1.82, 2.24) is 15.0 Å². The maximum absolute atomic E-state index is 5.56. The van der Waals surface area contributed by atoms with Gasteiger partial charge in [0.25, 0.3) is 0 Å². The van der Waals surface area contributed by atoms with E-state index in [4.69, 9.17) is 23.9 Å². The van der Waals surface area contributed by atoms with Crippen LogP contribution in [0.25, 0.3) is 32.2 Å². The van der Waals surface area contributed by atoms with Crippen molar-refractivity contribution in [3.63, 3.8) is 0 Å². The van der Waals surface area contributed by atoms with Crippen molar-refractivity contribution < 1.29 is 13.9 Å². The van der Waals surface area contributed by atoms with Gasteiger partial charge < -0.3 is 23.7 Å². The molecule has 6 rings (SSSR count). The number of fused-ring (bicyclic) bond motifs is 1. The topological polar surface area (TPSA) is 76.8 Å². The minimum absolute atomic E-state index is 0.507. The van der Waals surface area contributed by atoms with Crippen molar-refractivity contribution in [1.29, 1.82) is 0 Å². The number of anilines is 2. The Morgan fingerprint density at radius 1 is 1.06 bits per heavy atom. The monoisotopic (exact) mass is 433 g/mol. The molecule has 0 N–H and O–H groups in total. The molecule has 0 saturated carbocycles. The minimum Gasteiger partial charge on any atom is -0.479 e. The summed E-state index contributed by atoms with van der Waals surface area (Å²) in [7, 11) is 0. The first kappa shape index (κ1) is 18.3. The SMILES string of the molecule is C1=CN(c2cccc(-c3nc(N4CCOCC4)c4sc(-c5cnco5)cc4n3)c2)CO1. The fourth-order valence-electron chi connectivity index (χ4n) is 3.76. The van der Waals surface area contributed by atoms with Crippen molar-refractivity contribution in [2.24, 2.45) is 0 Å². The van der Waals surface area contributed by atoms with E-state index in [1.807, 2.05) is 23.2 Å². The molecule has 31 heavy (non-hydrogen) atoms. The van der Waals surface area contributed by atoms with Crippen LogP contribution in [0.15, 0.2) is 59.8 Å². The smallest absolute Gasteiger partial charge is 0.181 e. The van der Waals surface area contributed by atoms with Crippen molar-refractivity contribution in [2.75, 3.05) is 42.8 Å². The molecule has 0 radical (unpaired) electrons. The Morgan fingerprint density at radius 3 is 2.81 bits per heavy atom. The third-order valence-corrected chi connectivity index (χ3v) is 6.46. The molecule has 0 aliphatic carbocycles. The summed E-state index contributed by atoms with van der Waals surface area (Å²) in [6, 6.07) is 10.3. The summed E-state index contributed by atoms with van der Waals surface area (Å²) in [5.41, 5.74) is 2.90. The Bertz CT molecular complexity index is 1250. The van der Waals surface area contributed by atoms with Crippen molar-refractivity contribution in [3.05, 3.63) is 55.4 Å². The third-order valence-electron chi connectivity index (χ3n) is 5.33. The van der Waals surface area contributed by atoms with Crippen LogP contribution in [0.4, 0.5) is 11.5 Å². The summed E-state index contributed by atoms with van der Waals surface area (Å²) in [6.07, 6.45) is 6.79. The number of aromatic nitrogens is 3. The van der Waals surface area contributed by atoms with Crippen LogP contribution in [0.5, 0.6) is 0 Å². The van der Waals surface area contributed by atoms with Gasteiger partial charge in [-0.25, -0.2) is 15.0 Å². The fraction of sp³-hybridized carbons (Fsp3) is 0.227. The number of benzene rings is 1. The number of hydrogen-bond donors (Lipinski definition) is 0. The number of thiophene rings is 1. The summed E-state index contributed by atoms with van der Waals surface area (Å²) in [6.45, 7) is 3.50. The molecule has 0 spiro atoms. The lowest BCUT2D eigenvalue weighted by atomic mass is 10.1. The van der Waals surface area contributed by atoms with Gasteiger partial charge in [-0.15, -0.1) is 11.3 Å². The quantitative estimate of drug-likeness (QED) is 0.476. The standard InChI is InChI=1S/C22H19N5O3S/c1-2-15(10-16(3-1)27-6-9-29-14-27)21-24-17-11-19(18-12-23-13-30-18)31-20(17)22(25-21)26-4-7-28-8-5-26/h1-3,6,9-13H,4-5,7-8,14H2. The van der Waals surface area contributed by atoms with Crippen molar-refractivity contribution in [3.8, 4) is 22.0 Å². The number of hydrogen-bond acceptors (Lipinski definition) is 9. The summed E-state index contributed by atoms with van der Waals surface area (Å²) >= 11 is 1.63. The highest BCUT2D eigenvalue weighted by atomic mass is 32.1. The lowest BCUT2D eigenvalue weighted by molar-refractivity contribution is 0.122. The van der Waals surface area contributed by atoms with Gasteiger partial charge in [0.15, 0.2) is 30.5 Å². The number of rotatable bonds is 4. The van der Waals surface area contributed by atoms with E-state index in [-0.39, 0.29) is 0 Å². The van der Waals surface area contributed by atoms with E-state index in [0.717, 1.165) is 51.0 Å². The van der Waals surface area contributed by atoms with E-state index in [1.165, 1.54) is 6.39 Å². The molecule has 4 aromatic rings. The minimum atomic E-state index is 0.507. The first-order valence-corrected chi connectivity index (χ1v) is 10.9. The molecule has 1 aromatic carbocycles. The molecular formula is C22H19N5O3S. The maximum Gasteiger partial charge on any atom is 0.181 e.